The number of hydrogen-bond acceptors (Lipinski definition) is 4. The third kappa shape index (κ3) is 4.24. The number of aromatic nitrogens is 2. The van der Waals surface area contributed by atoms with Crippen LogP contribution >= 0.6 is 0 Å². The van der Waals surface area contributed by atoms with E-state index >= 15 is 0 Å². The summed E-state index contributed by atoms with van der Waals surface area (Å²) >= 11 is 0. The fraction of sp³-hybridized carbons (Fsp3) is 0.474. The molecule has 0 fully saturated rings. The van der Waals surface area contributed by atoms with Crippen molar-refractivity contribution in [3.63, 3.8) is 0 Å². The molecule has 2 amide bonds. The van der Waals surface area contributed by atoms with Crippen LogP contribution in [0.1, 0.15) is 55.0 Å². The van der Waals surface area contributed by atoms with Crippen LogP contribution in [0.25, 0.3) is 0 Å². The molecule has 0 saturated heterocycles. The molecule has 2 aliphatic carbocycles. The van der Waals surface area contributed by atoms with Crippen LogP contribution in [0.5, 0.6) is 0 Å². The summed E-state index contributed by atoms with van der Waals surface area (Å²) in [5.74, 6) is 0. The van der Waals surface area contributed by atoms with E-state index in [1.807, 2.05) is 13.8 Å². The Bertz CT molecular complexity index is 982. The number of rotatable bonds is 4. The van der Waals surface area contributed by atoms with Gasteiger partial charge in [-0.25, -0.2) is 9.52 Å². The van der Waals surface area contributed by atoms with Gasteiger partial charge in [0.15, 0.2) is 5.03 Å². The van der Waals surface area contributed by atoms with Crippen molar-refractivity contribution in [2.24, 2.45) is 0 Å². The second-order valence-electron chi connectivity index (χ2n) is 7.52. The fourth-order valence-electron chi connectivity index (χ4n) is 4.03. The van der Waals surface area contributed by atoms with E-state index in [-0.39, 0.29) is 62.5 Å². The number of hydrogen-bond donors (Lipinski definition) is 2. The molecule has 0 radical (unpaired) electrons. The van der Waals surface area contributed by atoms with Crippen molar-refractivity contribution in [3.8, 4) is 0 Å². The molecule has 0 saturated carbocycles. The number of nitrogens with one attached hydrogen (secondary N) is 2. The van der Waals surface area contributed by atoms with E-state index in [4.69, 9.17) is 0 Å². The van der Waals surface area contributed by atoms with E-state index in [1.165, 1.54) is 17.2 Å². The molecule has 9 heteroatoms. The van der Waals surface area contributed by atoms with Gasteiger partial charge in [0.1, 0.15) is 0 Å². The first-order valence-corrected chi connectivity index (χ1v) is 10.9. The SMILES string of the molecule is CC(C)n1ccc(S(=O)(=O)NC(=O)Nc2c3c(cc4c2CCC4)CCC3)n1.[KH]. The van der Waals surface area contributed by atoms with Crippen molar-refractivity contribution in [2.75, 3.05) is 5.32 Å². The van der Waals surface area contributed by atoms with Gasteiger partial charge in [-0.15, -0.1) is 0 Å². The molecule has 28 heavy (non-hydrogen) atoms. The Hall–Kier alpha value is -0.714. The van der Waals surface area contributed by atoms with Gasteiger partial charge in [0.05, 0.1) is 0 Å². The van der Waals surface area contributed by atoms with Crippen molar-refractivity contribution in [1.82, 2.24) is 14.5 Å². The summed E-state index contributed by atoms with van der Waals surface area (Å²) in [5.41, 5.74) is 5.70. The summed E-state index contributed by atoms with van der Waals surface area (Å²) in [6.07, 6.45) is 7.61. The van der Waals surface area contributed by atoms with E-state index in [1.54, 1.807) is 10.9 Å². The number of nitrogens with zero attached hydrogens (tertiary/aromatic N) is 2. The summed E-state index contributed by atoms with van der Waals surface area (Å²) < 4.78 is 28.6. The summed E-state index contributed by atoms with van der Waals surface area (Å²) in [6.45, 7) is 3.81. The Kier molecular flexibility index (Phi) is 6.73. The summed E-state index contributed by atoms with van der Waals surface area (Å²) in [5, 5.41) is 6.72. The molecule has 2 N–H and O–H groups in total. The van der Waals surface area contributed by atoms with Crippen LogP contribution < -0.4 is 10.0 Å². The van der Waals surface area contributed by atoms with Crippen LogP contribution in [0.15, 0.2) is 23.4 Å². The van der Waals surface area contributed by atoms with Crippen molar-refractivity contribution in [1.29, 1.82) is 0 Å². The number of anilines is 1. The molecule has 0 spiro atoms. The van der Waals surface area contributed by atoms with Gasteiger partial charge >= 0.3 is 57.4 Å². The third-order valence-electron chi connectivity index (χ3n) is 5.33. The molecule has 1 aromatic heterocycles. The number of carbonyl (C=O) groups is 1. The van der Waals surface area contributed by atoms with Crippen LogP contribution in [0.3, 0.4) is 0 Å². The van der Waals surface area contributed by atoms with Gasteiger partial charge < -0.3 is 5.32 Å². The van der Waals surface area contributed by atoms with Gasteiger partial charge in [-0.2, -0.15) is 13.5 Å². The van der Waals surface area contributed by atoms with E-state index in [0.717, 1.165) is 55.3 Å². The summed E-state index contributed by atoms with van der Waals surface area (Å²) in [7, 11) is -4.01. The zero-order valence-electron chi connectivity index (χ0n) is 15.6. The number of fused-ring (bicyclic) bond motifs is 2. The van der Waals surface area contributed by atoms with Crippen LogP contribution in [0.2, 0.25) is 0 Å². The minimum atomic E-state index is -4.01. The van der Waals surface area contributed by atoms with E-state index in [2.05, 4.69) is 21.2 Å². The van der Waals surface area contributed by atoms with Crippen LogP contribution in [-0.4, -0.2) is 75.6 Å². The quantitative estimate of drug-likeness (QED) is 0.731. The normalized spacial score (nSPS) is 15.1. The first kappa shape index (κ1) is 22.0. The maximum atomic E-state index is 12.5. The first-order valence-electron chi connectivity index (χ1n) is 9.40. The van der Waals surface area contributed by atoms with Gasteiger partial charge in [-0.3, -0.25) is 4.68 Å². The molecule has 1 aromatic carbocycles. The fourth-order valence-corrected chi connectivity index (χ4v) is 4.87. The van der Waals surface area contributed by atoms with Gasteiger partial charge in [0.2, 0.25) is 0 Å². The van der Waals surface area contributed by atoms with Gasteiger partial charge in [0.25, 0.3) is 10.0 Å². The Morgan fingerprint density at radius 3 is 2.25 bits per heavy atom. The molecule has 146 valence electrons. The minimum absolute atomic E-state index is 0. The zero-order valence-corrected chi connectivity index (χ0v) is 16.4. The molecular formula is C19H25KN4O3S. The Balaban J connectivity index is 0.00000225. The Morgan fingerprint density at radius 2 is 1.71 bits per heavy atom. The molecule has 1 heterocycles. The Morgan fingerprint density at radius 1 is 1.11 bits per heavy atom. The van der Waals surface area contributed by atoms with Crippen molar-refractivity contribution in [2.45, 2.75) is 63.4 Å². The molecule has 2 aliphatic rings. The summed E-state index contributed by atoms with van der Waals surface area (Å²) in [6, 6.07) is 2.97. The number of amides is 2. The zero-order chi connectivity index (χ0) is 19.2. The first-order chi connectivity index (χ1) is 12.8. The molecule has 0 bridgehead atoms. The molecular weight excluding hydrogens is 403 g/mol. The molecule has 0 aliphatic heterocycles. The third-order valence-corrected chi connectivity index (χ3v) is 6.55. The van der Waals surface area contributed by atoms with E-state index < -0.39 is 16.1 Å². The van der Waals surface area contributed by atoms with Crippen LogP contribution in [0, 0.1) is 0 Å². The second-order valence-corrected chi connectivity index (χ2v) is 9.15. The molecule has 2 aromatic rings. The van der Waals surface area contributed by atoms with Gasteiger partial charge in [-0.1, -0.05) is 6.07 Å². The number of urea groups is 1. The van der Waals surface area contributed by atoms with Gasteiger partial charge in [0, 0.05) is 17.9 Å². The molecule has 4 rings (SSSR count). The average molecular weight is 429 g/mol. The van der Waals surface area contributed by atoms with Gasteiger partial charge in [-0.05, 0) is 80.7 Å². The topological polar surface area (TPSA) is 93.1 Å². The molecule has 0 unspecified atom stereocenters. The van der Waals surface area contributed by atoms with Crippen molar-refractivity contribution < 1.29 is 13.2 Å². The monoisotopic (exact) mass is 428 g/mol. The average Bonchev–Trinajstić information content (AvgIpc) is 3.34. The van der Waals surface area contributed by atoms with Crippen molar-refractivity contribution in [3.05, 3.63) is 40.6 Å². The van der Waals surface area contributed by atoms with E-state index in [0.29, 0.717) is 0 Å². The predicted molar refractivity (Wildman–Crippen MR) is 110 cm³/mol. The van der Waals surface area contributed by atoms with Crippen LogP contribution in [-0.2, 0) is 35.7 Å². The standard InChI is InChI=1S/C19H24N4O3S.K.H/c1-12(2)23-10-9-17(21-23)27(25,26)22-19(24)20-18-15-7-3-5-13(15)11-14-6-4-8-16(14)18;;/h9-12H,3-8H2,1-2H3,(H2,20,22,24);;. The Labute approximate surface area is 208 Å². The number of sulfonamides is 1. The number of benzene rings is 1. The molecule has 0 atom stereocenters. The predicted octanol–water partition coefficient (Wildman–Crippen LogP) is 2.30. The summed E-state index contributed by atoms with van der Waals surface area (Å²) in [4.78, 5) is 12.5. The van der Waals surface area contributed by atoms with Crippen LogP contribution in [0.4, 0.5) is 10.5 Å². The molecule has 7 nitrogen and oxygen atoms in total. The van der Waals surface area contributed by atoms with Crippen molar-refractivity contribution >= 4 is 73.1 Å². The second kappa shape index (κ2) is 8.57. The maximum absolute atomic E-state index is 12.5. The number of carbonyl (C=O) groups excluding carboxylic acids is 1. The van der Waals surface area contributed by atoms with E-state index in [9.17, 15) is 13.2 Å². The number of aryl methyl sites for hydroxylation is 2.